The molecule has 1 saturated heterocycles. The van der Waals surface area contributed by atoms with E-state index in [1.807, 2.05) is 6.92 Å². The van der Waals surface area contributed by atoms with Gasteiger partial charge in [-0.3, -0.25) is 9.59 Å². The van der Waals surface area contributed by atoms with Crippen molar-refractivity contribution in [2.45, 2.75) is 51.7 Å². The number of carbonyl (C=O) groups excluding carboxylic acids is 1. The summed E-state index contributed by atoms with van der Waals surface area (Å²) in [5, 5.41) is 11.8. The molecule has 4 aromatic rings. The van der Waals surface area contributed by atoms with Gasteiger partial charge >= 0.3 is 5.97 Å². The van der Waals surface area contributed by atoms with Crippen LogP contribution in [0, 0.1) is 18.6 Å². The number of aryl methyl sites for hydroxylation is 2. The summed E-state index contributed by atoms with van der Waals surface area (Å²) in [6.45, 7) is 4.40. The van der Waals surface area contributed by atoms with Crippen LogP contribution in [0.1, 0.15) is 48.6 Å². The lowest BCUT2D eigenvalue weighted by molar-refractivity contribution is -0.137. The lowest BCUT2D eigenvalue weighted by atomic mass is 10.1. The molecule has 10 nitrogen and oxygen atoms in total. The highest BCUT2D eigenvalue weighted by Gasteiger charge is 2.42. The number of carboxylic acid groups (broad SMARTS) is 1. The van der Waals surface area contributed by atoms with E-state index >= 15 is 4.39 Å². The molecule has 0 radical (unpaired) electrons. The maximum absolute atomic E-state index is 15.5. The van der Waals surface area contributed by atoms with Gasteiger partial charge in [0.2, 0.25) is 11.8 Å². The minimum Gasteiger partial charge on any atom is -0.481 e. The van der Waals surface area contributed by atoms with Crippen LogP contribution in [0.5, 0.6) is 0 Å². The summed E-state index contributed by atoms with van der Waals surface area (Å²) in [5.74, 6) is -1.83. The van der Waals surface area contributed by atoms with Crippen LogP contribution in [-0.4, -0.2) is 51.1 Å². The average molecular weight is 555 g/mol. The number of oxazole rings is 2. The largest absolute Gasteiger partial charge is 0.481 e. The smallest absolute Gasteiger partial charge is 0.303 e. The van der Waals surface area contributed by atoms with Gasteiger partial charge < -0.3 is 28.9 Å². The Morgan fingerprint density at radius 3 is 2.83 bits per heavy atom. The Morgan fingerprint density at radius 1 is 1.23 bits per heavy atom. The van der Waals surface area contributed by atoms with Gasteiger partial charge in [0.05, 0.1) is 25.1 Å². The quantitative estimate of drug-likeness (QED) is 0.275. The van der Waals surface area contributed by atoms with Crippen LogP contribution in [0.2, 0.25) is 0 Å². The predicted octanol–water partition coefficient (Wildman–Crippen LogP) is 5.08. The standard InChI is InChI=1S/C28H28F2N4O6/c1-3-38-21-10-11-34(25(21)27-31-14-18(39-27)7-9-23(36)37)22(35)12-16-5-8-19-26(24(16)30)40-28(32-19)33-20-13-17(29)6-4-15(20)2/h4-6,8,13-14,21,25H,3,7,9-12H2,1-2H3,(H,32,33)(H,36,37)/t21-,25-/m0/s1. The number of halogens is 2. The molecule has 5 rings (SSSR count). The number of aromatic nitrogens is 2. The van der Waals surface area contributed by atoms with Crippen molar-refractivity contribution < 1.29 is 37.0 Å². The van der Waals surface area contributed by atoms with Crippen molar-refractivity contribution in [1.29, 1.82) is 0 Å². The number of hydrogen-bond acceptors (Lipinski definition) is 8. The van der Waals surface area contributed by atoms with Gasteiger partial charge in [0.1, 0.15) is 23.1 Å². The lowest BCUT2D eigenvalue weighted by Gasteiger charge is -2.25. The number of nitrogens with zero attached hydrogens (tertiary/aromatic N) is 3. The van der Waals surface area contributed by atoms with Gasteiger partial charge in [0.15, 0.2) is 11.4 Å². The van der Waals surface area contributed by atoms with Gasteiger partial charge in [-0.25, -0.2) is 13.8 Å². The highest BCUT2D eigenvalue weighted by Crippen LogP contribution is 2.35. The minimum absolute atomic E-state index is 0.00663. The van der Waals surface area contributed by atoms with E-state index in [0.717, 1.165) is 5.56 Å². The topological polar surface area (TPSA) is 131 Å². The first-order valence-corrected chi connectivity index (χ1v) is 12.9. The van der Waals surface area contributed by atoms with Gasteiger partial charge in [0.25, 0.3) is 6.01 Å². The first-order valence-electron chi connectivity index (χ1n) is 12.9. The van der Waals surface area contributed by atoms with Crippen molar-refractivity contribution in [3.63, 3.8) is 0 Å². The molecule has 0 bridgehead atoms. The van der Waals surface area contributed by atoms with Crippen LogP contribution in [0.4, 0.5) is 20.5 Å². The Bertz CT molecular complexity index is 1550. The number of likely N-dealkylation sites (tertiary alicyclic amines) is 1. The van der Waals surface area contributed by atoms with E-state index in [0.29, 0.717) is 31.0 Å². The molecule has 1 aliphatic rings. The summed E-state index contributed by atoms with van der Waals surface area (Å²) < 4.78 is 46.4. The highest BCUT2D eigenvalue weighted by molar-refractivity contribution is 5.83. The number of anilines is 2. The zero-order valence-corrected chi connectivity index (χ0v) is 21.9. The second-order valence-corrected chi connectivity index (χ2v) is 9.54. The number of aliphatic carboxylic acids is 1. The van der Waals surface area contributed by atoms with Crippen LogP contribution < -0.4 is 5.32 Å². The number of carboxylic acids is 1. The molecule has 1 amide bonds. The van der Waals surface area contributed by atoms with Crippen LogP contribution in [0.25, 0.3) is 11.1 Å². The summed E-state index contributed by atoms with van der Waals surface area (Å²) in [4.78, 5) is 34.4. The van der Waals surface area contributed by atoms with Gasteiger partial charge in [0, 0.05) is 30.8 Å². The Kier molecular flexibility index (Phi) is 7.78. The molecule has 210 valence electrons. The number of benzene rings is 2. The molecule has 12 heteroatoms. The van der Waals surface area contributed by atoms with Crippen LogP contribution in [-0.2, 0) is 27.2 Å². The zero-order valence-electron chi connectivity index (χ0n) is 21.9. The van der Waals surface area contributed by atoms with E-state index in [2.05, 4.69) is 15.3 Å². The van der Waals surface area contributed by atoms with E-state index in [-0.39, 0.29) is 59.8 Å². The molecular formula is C28H28F2N4O6. The number of ether oxygens (including phenoxy) is 1. The van der Waals surface area contributed by atoms with E-state index in [1.54, 1.807) is 24.0 Å². The lowest BCUT2D eigenvalue weighted by Crippen LogP contribution is -2.35. The summed E-state index contributed by atoms with van der Waals surface area (Å²) in [6.07, 6.45) is 1.42. The van der Waals surface area contributed by atoms with Crippen molar-refractivity contribution in [2.75, 3.05) is 18.5 Å². The number of nitrogens with one attached hydrogen (secondary N) is 1. The second-order valence-electron chi connectivity index (χ2n) is 9.54. The number of hydrogen-bond donors (Lipinski definition) is 2. The average Bonchev–Trinajstić information content (AvgIpc) is 3.65. The Balaban J connectivity index is 1.35. The Labute approximate surface area is 228 Å². The molecule has 40 heavy (non-hydrogen) atoms. The maximum Gasteiger partial charge on any atom is 0.303 e. The molecule has 0 aliphatic carbocycles. The Hall–Kier alpha value is -4.32. The monoisotopic (exact) mass is 554 g/mol. The van der Waals surface area contributed by atoms with Crippen LogP contribution >= 0.6 is 0 Å². The summed E-state index contributed by atoms with van der Waals surface area (Å²) in [5.41, 5.74) is 1.43. The third-order valence-electron chi connectivity index (χ3n) is 6.81. The van der Waals surface area contributed by atoms with Crippen molar-refractivity contribution in [3.05, 3.63) is 70.9 Å². The van der Waals surface area contributed by atoms with Crippen molar-refractivity contribution in [2.24, 2.45) is 0 Å². The molecule has 1 fully saturated rings. The van der Waals surface area contributed by atoms with E-state index in [4.69, 9.17) is 18.7 Å². The van der Waals surface area contributed by atoms with Gasteiger partial charge in [-0.15, -0.1) is 0 Å². The summed E-state index contributed by atoms with van der Waals surface area (Å²) in [6, 6.07) is 6.62. The van der Waals surface area contributed by atoms with Gasteiger partial charge in [-0.1, -0.05) is 12.1 Å². The van der Waals surface area contributed by atoms with Crippen molar-refractivity contribution in [1.82, 2.24) is 14.9 Å². The van der Waals surface area contributed by atoms with Crippen LogP contribution in [0.3, 0.4) is 0 Å². The Morgan fingerprint density at radius 2 is 2.05 bits per heavy atom. The molecule has 0 unspecified atom stereocenters. The number of fused-ring (bicyclic) bond motifs is 1. The fourth-order valence-corrected chi connectivity index (χ4v) is 4.83. The van der Waals surface area contributed by atoms with Gasteiger partial charge in [-0.2, -0.15) is 4.98 Å². The molecule has 2 aromatic heterocycles. The van der Waals surface area contributed by atoms with Crippen LogP contribution in [0.15, 0.2) is 45.4 Å². The SMILES string of the molecule is CCO[C@H]1CCN(C(=O)Cc2ccc3nc(Nc4cc(F)ccc4C)oc3c2F)[C@@H]1c1ncc(CCC(=O)O)o1. The molecule has 1 aliphatic heterocycles. The van der Waals surface area contributed by atoms with Gasteiger partial charge in [-0.05, 0) is 44.0 Å². The van der Waals surface area contributed by atoms with Crippen molar-refractivity contribution >= 4 is 34.7 Å². The van der Waals surface area contributed by atoms with E-state index in [9.17, 15) is 14.0 Å². The van der Waals surface area contributed by atoms with E-state index < -0.39 is 23.6 Å². The number of amides is 1. The molecule has 0 saturated carbocycles. The summed E-state index contributed by atoms with van der Waals surface area (Å²) >= 11 is 0. The molecular weight excluding hydrogens is 526 g/mol. The fourth-order valence-electron chi connectivity index (χ4n) is 4.83. The summed E-state index contributed by atoms with van der Waals surface area (Å²) in [7, 11) is 0. The molecule has 2 atom stereocenters. The highest BCUT2D eigenvalue weighted by atomic mass is 19.1. The molecule has 0 spiro atoms. The number of rotatable bonds is 10. The zero-order chi connectivity index (χ0) is 28.4. The maximum atomic E-state index is 15.5. The first-order chi connectivity index (χ1) is 19.2. The third kappa shape index (κ3) is 5.67. The molecule has 3 heterocycles. The molecule has 2 aromatic carbocycles. The first kappa shape index (κ1) is 27.3. The predicted molar refractivity (Wildman–Crippen MR) is 139 cm³/mol. The minimum atomic E-state index is -0.958. The fraction of sp³-hybridized carbons (Fsp3) is 0.357. The number of carbonyl (C=O) groups is 2. The third-order valence-corrected chi connectivity index (χ3v) is 6.81. The van der Waals surface area contributed by atoms with E-state index in [1.165, 1.54) is 24.4 Å². The molecule has 2 N–H and O–H groups in total. The second kappa shape index (κ2) is 11.4. The van der Waals surface area contributed by atoms with Crippen molar-refractivity contribution in [3.8, 4) is 0 Å². The normalized spacial score (nSPS) is 17.1.